The number of benzene rings is 1. The molecule has 92 valence electrons. The van der Waals surface area contributed by atoms with E-state index >= 15 is 0 Å². The third-order valence-electron chi connectivity index (χ3n) is 3.42. The molecule has 1 aromatic carbocycles. The van der Waals surface area contributed by atoms with Crippen molar-refractivity contribution < 1.29 is 0 Å². The van der Waals surface area contributed by atoms with Crippen molar-refractivity contribution in [3.8, 4) is 0 Å². The molecule has 3 heteroatoms. The van der Waals surface area contributed by atoms with Crippen LogP contribution >= 0.6 is 0 Å². The summed E-state index contributed by atoms with van der Waals surface area (Å²) >= 11 is 0. The fraction of sp³-hybridized carbons (Fsp3) is 0.500. The summed E-state index contributed by atoms with van der Waals surface area (Å²) < 4.78 is 0. The van der Waals surface area contributed by atoms with Gasteiger partial charge in [-0.1, -0.05) is 30.5 Å². The number of nitrogens with two attached hydrogens (primary N) is 1. The number of aliphatic imine (C=N–C) groups is 1. The van der Waals surface area contributed by atoms with E-state index in [-0.39, 0.29) is 0 Å². The van der Waals surface area contributed by atoms with E-state index in [1.807, 2.05) is 0 Å². The Morgan fingerprint density at radius 3 is 2.65 bits per heavy atom. The summed E-state index contributed by atoms with van der Waals surface area (Å²) in [5.74, 6) is 6.45. The number of nitrogens with zero attached hydrogens (tertiary/aromatic N) is 1. The summed E-state index contributed by atoms with van der Waals surface area (Å²) in [6, 6.07) is 6.82. The standard InChI is InChI=1S/C14H21N3/c1-10-7-8-11(2)13(9-10)14(17-15)16-12-5-3-4-6-12/h7-9,12H,3-6,15H2,1-2H3,(H,16,17). The number of aryl methyl sites for hydroxylation is 2. The van der Waals surface area contributed by atoms with Crippen LogP contribution < -0.4 is 11.3 Å². The van der Waals surface area contributed by atoms with Crippen molar-refractivity contribution >= 4 is 5.84 Å². The number of rotatable bonds is 2. The molecule has 0 radical (unpaired) electrons. The predicted molar refractivity (Wildman–Crippen MR) is 72.0 cm³/mol. The molecule has 0 spiro atoms. The Hall–Kier alpha value is -1.35. The molecule has 1 aromatic rings. The van der Waals surface area contributed by atoms with E-state index in [0.717, 1.165) is 11.4 Å². The maximum absolute atomic E-state index is 5.62. The summed E-state index contributed by atoms with van der Waals surface area (Å²) in [6.07, 6.45) is 4.96. The van der Waals surface area contributed by atoms with Crippen LogP contribution in [0, 0.1) is 13.8 Å². The van der Waals surface area contributed by atoms with Gasteiger partial charge in [0.1, 0.15) is 5.84 Å². The second-order valence-corrected chi connectivity index (χ2v) is 4.88. The molecule has 0 aliphatic heterocycles. The molecule has 0 aromatic heterocycles. The molecule has 1 saturated carbocycles. The molecule has 17 heavy (non-hydrogen) atoms. The van der Waals surface area contributed by atoms with Gasteiger partial charge >= 0.3 is 0 Å². The van der Waals surface area contributed by atoms with Crippen LogP contribution in [0.4, 0.5) is 0 Å². The Labute approximate surface area is 103 Å². The smallest absolute Gasteiger partial charge is 0.143 e. The van der Waals surface area contributed by atoms with Crippen molar-refractivity contribution in [3.05, 3.63) is 34.9 Å². The molecule has 0 atom stereocenters. The molecule has 3 N–H and O–H groups in total. The highest BCUT2D eigenvalue weighted by Gasteiger charge is 2.15. The first-order valence-electron chi connectivity index (χ1n) is 6.33. The highest BCUT2D eigenvalue weighted by Crippen LogP contribution is 2.22. The van der Waals surface area contributed by atoms with Gasteiger partial charge < -0.3 is 5.43 Å². The van der Waals surface area contributed by atoms with Gasteiger partial charge in [-0.15, -0.1) is 0 Å². The first kappa shape index (κ1) is 12.1. The molecule has 1 aliphatic carbocycles. The second-order valence-electron chi connectivity index (χ2n) is 4.88. The van der Waals surface area contributed by atoms with Crippen molar-refractivity contribution in [2.24, 2.45) is 10.8 Å². The number of hydrogen-bond donors (Lipinski definition) is 2. The molecule has 0 saturated heterocycles. The van der Waals surface area contributed by atoms with Crippen LogP contribution in [0.25, 0.3) is 0 Å². The minimum absolute atomic E-state index is 0.445. The number of nitrogens with one attached hydrogen (secondary N) is 1. The molecule has 0 heterocycles. The SMILES string of the molecule is Cc1ccc(C)c(C(=NC2CCCC2)NN)c1. The first-order chi connectivity index (χ1) is 8.20. The Morgan fingerprint density at radius 2 is 2.00 bits per heavy atom. The van der Waals surface area contributed by atoms with Crippen LogP contribution in [0.2, 0.25) is 0 Å². The van der Waals surface area contributed by atoms with Crippen LogP contribution in [0.5, 0.6) is 0 Å². The van der Waals surface area contributed by atoms with Gasteiger partial charge in [0.2, 0.25) is 0 Å². The van der Waals surface area contributed by atoms with E-state index < -0.39 is 0 Å². The fourth-order valence-electron chi connectivity index (χ4n) is 2.39. The van der Waals surface area contributed by atoms with Crippen molar-refractivity contribution in [3.63, 3.8) is 0 Å². The largest absolute Gasteiger partial charge is 0.308 e. The van der Waals surface area contributed by atoms with E-state index in [1.54, 1.807) is 0 Å². The van der Waals surface area contributed by atoms with Crippen LogP contribution in [-0.4, -0.2) is 11.9 Å². The minimum atomic E-state index is 0.445. The van der Waals surface area contributed by atoms with E-state index in [2.05, 4.69) is 37.5 Å². The summed E-state index contributed by atoms with van der Waals surface area (Å²) in [5.41, 5.74) is 6.34. The van der Waals surface area contributed by atoms with Crippen LogP contribution in [0.1, 0.15) is 42.4 Å². The molecule has 1 fully saturated rings. The van der Waals surface area contributed by atoms with Crippen molar-refractivity contribution in [1.82, 2.24) is 5.43 Å². The van der Waals surface area contributed by atoms with Crippen molar-refractivity contribution in [2.75, 3.05) is 0 Å². The van der Waals surface area contributed by atoms with Gasteiger partial charge in [0.25, 0.3) is 0 Å². The molecule has 0 bridgehead atoms. The quantitative estimate of drug-likeness (QED) is 0.355. The van der Waals surface area contributed by atoms with Crippen LogP contribution in [-0.2, 0) is 0 Å². The number of hydrogen-bond acceptors (Lipinski definition) is 2. The lowest BCUT2D eigenvalue weighted by molar-refractivity contribution is 0.700. The average Bonchev–Trinajstić information content (AvgIpc) is 2.82. The van der Waals surface area contributed by atoms with Gasteiger partial charge in [-0.05, 0) is 38.3 Å². The molecule has 2 rings (SSSR count). The normalized spacial score (nSPS) is 17.5. The Balaban J connectivity index is 2.30. The van der Waals surface area contributed by atoms with Crippen LogP contribution in [0.15, 0.2) is 23.2 Å². The number of amidine groups is 1. The lowest BCUT2D eigenvalue weighted by atomic mass is 10.0. The minimum Gasteiger partial charge on any atom is -0.308 e. The van der Waals surface area contributed by atoms with Gasteiger partial charge in [0.15, 0.2) is 0 Å². The predicted octanol–water partition coefficient (Wildman–Crippen LogP) is 2.46. The van der Waals surface area contributed by atoms with Gasteiger partial charge in [-0.2, -0.15) is 0 Å². The Bertz CT molecular complexity index is 417. The summed E-state index contributed by atoms with van der Waals surface area (Å²) in [6.45, 7) is 4.18. The molecular weight excluding hydrogens is 210 g/mol. The summed E-state index contributed by atoms with van der Waals surface area (Å²) in [7, 11) is 0. The maximum Gasteiger partial charge on any atom is 0.143 e. The molecular formula is C14H21N3. The highest BCUT2D eigenvalue weighted by molar-refractivity contribution is 5.99. The van der Waals surface area contributed by atoms with E-state index in [0.29, 0.717) is 6.04 Å². The zero-order valence-electron chi connectivity index (χ0n) is 10.7. The zero-order chi connectivity index (χ0) is 12.3. The van der Waals surface area contributed by atoms with E-state index in [4.69, 9.17) is 10.8 Å². The third kappa shape index (κ3) is 2.86. The lowest BCUT2D eigenvalue weighted by Gasteiger charge is -2.12. The molecule has 0 amide bonds. The monoisotopic (exact) mass is 231 g/mol. The van der Waals surface area contributed by atoms with Gasteiger partial charge in [-0.25, -0.2) is 5.84 Å². The van der Waals surface area contributed by atoms with E-state index in [1.165, 1.54) is 36.8 Å². The van der Waals surface area contributed by atoms with Gasteiger partial charge in [0, 0.05) is 5.56 Å². The van der Waals surface area contributed by atoms with Crippen LogP contribution in [0.3, 0.4) is 0 Å². The maximum atomic E-state index is 5.62. The molecule has 3 nitrogen and oxygen atoms in total. The average molecular weight is 231 g/mol. The van der Waals surface area contributed by atoms with Crippen molar-refractivity contribution in [1.29, 1.82) is 0 Å². The lowest BCUT2D eigenvalue weighted by Crippen LogP contribution is -2.32. The Kier molecular flexibility index (Phi) is 3.79. The fourth-order valence-corrected chi connectivity index (χ4v) is 2.39. The van der Waals surface area contributed by atoms with Gasteiger partial charge in [-0.3, -0.25) is 4.99 Å². The molecule has 0 unspecified atom stereocenters. The zero-order valence-corrected chi connectivity index (χ0v) is 10.7. The van der Waals surface area contributed by atoms with E-state index in [9.17, 15) is 0 Å². The third-order valence-corrected chi connectivity index (χ3v) is 3.42. The molecule has 1 aliphatic rings. The number of hydrazine groups is 1. The topological polar surface area (TPSA) is 50.4 Å². The first-order valence-corrected chi connectivity index (χ1v) is 6.33. The van der Waals surface area contributed by atoms with Gasteiger partial charge in [0.05, 0.1) is 6.04 Å². The Morgan fingerprint density at radius 1 is 1.29 bits per heavy atom. The van der Waals surface area contributed by atoms with Crippen molar-refractivity contribution in [2.45, 2.75) is 45.6 Å². The highest BCUT2D eigenvalue weighted by atomic mass is 15.3. The second kappa shape index (κ2) is 5.32. The summed E-state index contributed by atoms with van der Waals surface area (Å²) in [5, 5.41) is 0. The summed E-state index contributed by atoms with van der Waals surface area (Å²) in [4.78, 5) is 4.75.